The number of benzene rings is 1. The molecule has 1 heterocycles. The van der Waals surface area contributed by atoms with Crippen molar-refractivity contribution in [2.24, 2.45) is 5.92 Å². The topological polar surface area (TPSA) is 38.3 Å². The molecule has 0 bridgehead atoms. The number of hydrogen-bond acceptors (Lipinski definition) is 2. The third-order valence-electron chi connectivity index (χ3n) is 3.78. The van der Waals surface area contributed by atoms with Crippen molar-refractivity contribution in [2.45, 2.75) is 38.7 Å². The summed E-state index contributed by atoms with van der Waals surface area (Å²) >= 11 is 6.05. The summed E-state index contributed by atoms with van der Waals surface area (Å²) in [5, 5.41) is 3.64. The first-order valence-corrected chi connectivity index (χ1v) is 7.64. The van der Waals surface area contributed by atoms with E-state index in [1.54, 1.807) is 0 Å². The quantitative estimate of drug-likeness (QED) is 0.906. The van der Waals surface area contributed by atoms with Gasteiger partial charge in [-0.1, -0.05) is 29.8 Å². The molecule has 1 saturated heterocycles. The average Bonchev–Trinajstić information content (AvgIpc) is 2.41. The van der Waals surface area contributed by atoms with E-state index < -0.39 is 0 Å². The summed E-state index contributed by atoms with van der Waals surface area (Å²) in [6.45, 7) is 3.70. The van der Waals surface area contributed by atoms with Gasteiger partial charge in [0.05, 0.1) is 12.5 Å². The van der Waals surface area contributed by atoms with Crippen LogP contribution in [0.25, 0.3) is 0 Å². The Balaban J connectivity index is 1.69. The third-order valence-corrected chi connectivity index (χ3v) is 4.15. The Morgan fingerprint density at radius 3 is 3.00 bits per heavy atom. The fraction of sp³-hybridized carbons (Fsp3) is 0.562. The van der Waals surface area contributed by atoms with Crippen molar-refractivity contribution in [1.82, 2.24) is 5.32 Å². The van der Waals surface area contributed by atoms with E-state index in [0.29, 0.717) is 23.5 Å². The number of carbonyl (C=O) groups excluding carboxylic acids is 1. The van der Waals surface area contributed by atoms with Crippen molar-refractivity contribution in [3.63, 3.8) is 0 Å². The minimum atomic E-state index is 0.0400. The molecule has 1 aliphatic rings. The molecule has 0 saturated carbocycles. The van der Waals surface area contributed by atoms with Gasteiger partial charge in [-0.3, -0.25) is 4.79 Å². The summed E-state index contributed by atoms with van der Waals surface area (Å²) in [5.74, 6) is 0.706. The Morgan fingerprint density at radius 2 is 2.25 bits per heavy atom. The SMILES string of the molecule is C[C@H]1C[C@@H](CCNC(=O)Cc2ccccc2Cl)CCO1. The van der Waals surface area contributed by atoms with Crippen LogP contribution in [0.1, 0.15) is 31.7 Å². The van der Waals surface area contributed by atoms with Gasteiger partial charge in [0, 0.05) is 18.2 Å². The maximum absolute atomic E-state index is 11.9. The maximum Gasteiger partial charge on any atom is 0.224 e. The molecule has 4 heteroatoms. The van der Waals surface area contributed by atoms with Gasteiger partial charge >= 0.3 is 0 Å². The third kappa shape index (κ3) is 4.80. The second-order valence-electron chi connectivity index (χ2n) is 5.48. The molecule has 1 aliphatic heterocycles. The lowest BCUT2D eigenvalue weighted by Crippen LogP contribution is -2.30. The largest absolute Gasteiger partial charge is 0.378 e. The highest BCUT2D eigenvalue weighted by atomic mass is 35.5. The highest BCUT2D eigenvalue weighted by Crippen LogP contribution is 2.22. The van der Waals surface area contributed by atoms with Gasteiger partial charge in [0.15, 0.2) is 0 Å². The van der Waals surface area contributed by atoms with Crippen LogP contribution in [0, 0.1) is 5.92 Å². The van der Waals surface area contributed by atoms with Gasteiger partial charge < -0.3 is 10.1 Å². The lowest BCUT2D eigenvalue weighted by atomic mass is 9.93. The zero-order valence-corrected chi connectivity index (χ0v) is 12.7. The highest BCUT2D eigenvalue weighted by molar-refractivity contribution is 6.31. The van der Waals surface area contributed by atoms with Gasteiger partial charge in [-0.15, -0.1) is 0 Å². The van der Waals surface area contributed by atoms with E-state index in [-0.39, 0.29) is 5.91 Å². The molecule has 0 radical (unpaired) electrons. The van der Waals surface area contributed by atoms with Gasteiger partial charge in [-0.05, 0) is 43.7 Å². The lowest BCUT2D eigenvalue weighted by molar-refractivity contribution is -0.120. The molecule has 1 amide bonds. The van der Waals surface area contributed by atoms with Crippen molar-refractivity contribution >= 4 is 17.5 Å². The number of rotatable bonds is 5. The zero-order valence-electron chi connectivity index (χ0n) is 11.9. The molecular formula is C16H22ClNO2. The Labute approximate surface area is 125 Å². The van der Waals surface area contributed by atoms with Crippen LogP contribution in [0.5, 0.6) is 0 Å². The Morgan fingerprint density at radius 1 is 1.45 bits per heavy atom. The molecule has 20 heavy (non-hydrogen) atoms. The van der Waals surface area contributed by atoms with E-state index in [4.69, 9.17) is 16.3 Å². The maximum atomic E-state index is 11.9. The number of nitrogens with one attached hydrogen (secondary N) is 1. The summed E-state index contributed by atoms with van der Waals surface area (Å²) in [6, 6.07) is 7.48. The predicted octanol–water partition coefficient (Wildman–Crippen LogP) is 3.20. The zero-order chi connectivity index (χ0) is 14.4. The van der Waals surface area contributed by atoms with Crippen molar-refractivity contribution in [3.05, 3.63) is 34.9 Å². The van der Waals surface area contributed by atoms with Crippen LogP contribution in [0.4, 0.5) is 0 Å². The molecule has 0 spiro atoms. The monoisotopic (exact) mass is 295 g/mol. The molecular weight excluding hydrogens is 274 g/mol. The molecule has 1 aromatic rings. The molecule has 1 N–H and O–H groups in total. The number of amides is 1. The van der Waals surface area contributed by atoms with Gasteiger partial charge in [0.25, 0.3) is 0 Å². The molecule has 2 rings (SSSR count). The number of carbonyl (C=O) groups is 1. The van der Waals surface area contributed by atoms with E-state index >= 15 is 0 Å². The molecule has 3 nitrogen and oxygen atoms in total. The van der Waals surface area contributed by atoms with Crippen LogP contribution in [0.2, 0.25) is 5.02 Å². The van der Waals surface area contributed by atoms with E-state index in [1.807, 2.05) is 24.3 Å². The van der Waals surface area contributed by atoms with Gasteiger partial charge in [0.1, 0.15) is 0 Å². The molecule has 0 aromatic heterocycles. The molecule has 1 fully saturated rings. The Hall–Kier alpha value is -1.06. The number of ether oxygens (including phenoxy) is 1. The van der Waals surface area contributed by atoms with E-state index in [2.05, 4.69) is 12.2 Å². The summed E-state index contributed by atoms with van der Waals surface area (Å²) < 4.78 is 5.53. The van der Waals surface area contributed by atoms with E-state index in [0.717, 1.165) is 38.0 Å². The fourth-order valence-electron chi connectivity index (χ4n) is 2.65. The van der Waals surface area contributed by atoms with Crippen molar-refractivity contribution in [2.75, 3.05) is 13.2 Å². The van der Waals surface area contributed by atoms with Crippen LogP contribution >= 0.6 is 11.6 Å². The van der Waals surface area contributed by atoms with Crippen LogP contribution in [0.15, 0.2) is 24.3 Å². The van der Waals surface area contributed by atoms with Crippen LogP contribution < -0.4 is 5.32 Å². The second-order valence-corrected chi connectivity index (χ2v) is 5.89. The van der Waals surface area contributed by atoms with Crippen LogP contribution in [-0.2, 0) is 16.0 Å². The van der Waals surface area contributed by atoms with Crippen molar-refractivity contribution < 1.29 is 9.53 Å². The summed E-state index contributed by atoms with van der Waals surface area (Å²) in [7, 11) is 0. The first-order chi connectivity index (χ1) is 9.65. The standard InChI is InChI=1S/C16H22ClNO2/c1-12-10-13(7-9-20-12)6-8-18-16(19)11-14-4-2-3-5-15(14)17/h2-5,12-13H,6-11H2,1H3,(H,18,19)/t12-,13-/m0/s1. The predicted molar refractivity (Wildman–Crippen MR) is 80.9 cm³/mol. The first-order valence-electron chi connectivity index (χ1n) is 7.27. The lowest BCUT2D eigenvalue weighted by Gasteiger charge is -2.27. The van der Waals surface area contributed by atoms with Crippen molar-refractivity contribution in [3.8, 4) is 0 Å². The second kappa shape index (κ2) is 7.65. The van der Waals surface area contributed by atoms with Gasteiger partial charge in [-0.25, -0.2) is 0 Å². The molecule has 0 unspecified atom stereocenters. The molecule has 0 aliphatic carbocycles. The molecule has 1 aromatic carbocycles. The minimum absolute atomic E-state index is 0.0400. The van der Waals surface area contributed by atoms with Crippen molar-refractivity contribution in [1.29, 1.82) is 0 Å². The number of halogens is 1. The van der Waals surface area contributed by atoms with E-state index in [1.165, 1.54) is 0 Å². The summed E-state index contributed by atoms with van der Waals surface area (Å²) in [5.41, 5.74) is 0.881. The van der Waals surface area contributed by atoms with Gasteiger partial charge in [-0.2, -0.15) is 0 Å². The minimum Gasteiger partial charge on any atom is -0.378 e. The smallest absolute Gasteiger partial charge is 0.224 e. The summed E-state index contributed by atoms with van der Waals surface area (Å²) in [6.07, 6.45) is 3.93. The highest BCUT2D eigenvalue weighted by Gasteiger charge is 2.19. The van der Waals surface area contributed by atoms with Gasteiger partial charge in [0.2, 0.25) is 5.91 Å². The van der Waals surface area contributed by atoms with Crippen LogP contribution in [0.3, 0.4) is 0 Å². The normalized spacial score (nSPS) is 22.5. The van der Waals surface area contributed by atoms with E-state index in [9.17, 15) is 4.79 Å². The molecule has 2 atom stereocenters. The van der Waals surface area contributed by atoms with Crippen LogP contribution in [-0.4, -0.2) is 25.2 Å². The average molecular weight is 296 g/mol. The first kappa shape index (κ1) is 15.3. The fourth-order valence-corrected chi connectivity index (χ4v) is 2.85. The Bertz CT molecular complexity index is 450. The Kier molecular flexibility index (Phi) is 5.86. The number of hydrogen-bond donors (Lipinski definition) is 1. The summed E-state index contributed by atoms with van der Waals surface area (Å²) in [4.78, 5) is 11.9. The molecule has 110 valence electrons.